The van der Waals surface area contributed by atoms with Crippen LogP contribution in [0, 0.1) is 0 Å². The van der Waals surface area contributed by atoms with Gasteiger partial charge in [-0.25, -0.2) is 4.98 Å². The van der Waals surface area contributed by atoms with E-state index >= 15 is 0 Å². The Bertz CT molecular complexity index is 645. The molecule has 1 aliphatic rings. The number of alkyl halides is 3. The van der Waals surface area contributed by atoms with Gasteiger partial charge in [-0.2, -0.15) is 23.3 Å². The summed E-state index contributed by atoms with van der Waals surface area (Å²) in [7, 11) is 0. The number of amides is 1. The zero-order valence-electron chi connectivity index (χ0n) is 10.2. The highest BCUT2D eigenvalue weighted by atomic mass is 35.5. The van der Waals surface area contributed by atoms with E-state index in [2.05, 4.69) is 10.1 Å². The van der Waals surface area contributed by atoms with Crippen molar-refractivity contribution in [2.24, 2.45) is 5.10 Å². The first kappa shape index (κ1) is 15.2. The molecule has 0 saturated heterocycles. The van der Waals surface area contributed by atoms with Crippen LogP contribution in [0.5, 0.6) is 0 Å². The molecule has 1 aromatic heterocycles. The molecule has 0 bridgehead atoms. The zero-order chi connectivity index (χ0) is 15.8. The van der Waals surface area contributed by atoms with Crippen molar-refractivity contribution < 1.29 is 27.9 Å². The summed E-state index contributed by atoms with van der Waals surface area (Å²) in [6.07, 6.45) is -4.77. The second kappa shape index (κ2) is 5.32. The van der Waals surface area contributed by atoms with Gasteiger partial charge in [0.05, 0.1) is 29.1 Å². The van der Waals surface area contributed by atoms with Crippen molar-refractivity contribution in [2.75, 3.05) is 5.01 Å². The van der Waals surface area contributed by atoms with Gasteiger partial charge in [-0.3, -0.25) is 9.59 Å². The van der Waals surface area contributed by atoms with Crippen molar-refractivity contribution in [1.29, 1.82) is 0 Å². The molecule has 10 heteroatoms. The van der Waals surface area contributed by atoms with Gasteiger partial charge in [0.1, 0.15) is 0 Å². The number of hydrazone groups is 1. The molecule has 0 saturated carbocycles. The monoisotopic (exact) mass is 321 g/mol. The fraction of sp³-hybridized carbons (Fsp3) is 0.273. The number of anilines is 1. The Hall–Kier alpha value is -2.16. The Balaban J connectivity index is 2.32. The highest BCUT2D eigenvalue weighted by Gasteiger charge is 2.34. The summed E-state index contributed by atoms with van der Waals surface area (Å²) < 4.78 is 37.5. The Labute approximate surface area is 120 Å². The molecule has 1 aromatic rings. The van der Waals surface area contributed by atoms with E-state index in [4.69, 9.17) is 16.7 Å². The van der Waals surface area contributed by atoms with Crippen LogP contribution in [-0.2, 0) is 15.8 Å². The molecule has 21 heavy (non-hydrogen) atoms. The number of aliphatic carboxylic acids is 1. The molecule has 2 heterocycles. The van der Waals surface area contributed by atoms with Gasteiger partial charge in [0.15, 0.2) is 5.82 Å². The summed E-state index contributed by atoms with van der Waals surface area (Å²) >= 11 is 5.69. The predicted molar refractivity (Wildman–Crippen MR) is 66.0 cm³/mol. The molecular formula is C11H7ClF3N3O3. The van der Waals surface area contributed by atoms with E-state index in [-0.39, 0.29) is 18.0 Å². The minimum absolute atomic E-state index is 0.0743. The molecule has 0 fully saturated rings. The molecule has 2 rings (SSSR count). The number of halogens is 4. The van der Waals surface area contributed by atoms with Crippen molar-refractivity contribution >= 4 is 35.0 Å². The SMILES string of the molecule is O=C(O)CC1=NN(c2ncc(C(F)(F)F)cc2Cl)C(=O)C1. The van der Waals surface area contributed by atoms with Crippen molar-refractivity contribution in [2.45, 2.75) is 19.0 Å². The largest absolute Gasteiger partial charge is 0.481 e. The molecule has 0 spiro atoms. The second-order valence-corrected chi connectivity index (χ2v) is 4.55. The van der Waals surface area contributed by atoms with E-state index in [1.807, 2.05) is 0 Å². The van der Waals surface area contributed by atoms with E-state index in [9.17, 15) is 22.8 Å². The van der Waals surface area contributed by atoms with Crippen molar-refractivity contribution in [3.63, 3.8) is 0 Å². The number of pyridine rings is 1. The normalized spacial score (nSPS) is 15.3. The Morgan fingerprint density at radius 1 is 1.48 bits per heavy atom. The zero-order valence-corrected chi connectivity index (χ0v) is 10.9. The quantitative estimate of drug-likeness (QED) is 0.926. The summed E-state index contributed by atoms with van der Waals surface area (Å²) in [5.41, 5.74) is -0.983. The number of carbonyl (C=O) groups excluding carboxylic acids is 1. The van der Waals surface area contributed by atoms with Gasteiger partial charge in [-0.05, 0) is 6.07 Å². The van der Waals surface area contributed by atoms with E-state index in [1.165, 1.54) is 0 Å². The average molecular weight is 322 g/mol. The minimum atomic E-state index is -4.61. The molecule has 1 aliphatic heterocycles. The van der Waals surface area contributed by atoms with Crippen LogP contribution in [0.2, 0.25) is 5.02 Å². The molecule has 0 aliphatic carbocycles. The maximum Gasteiger partial charge on any atom is 0.417 e. The number of rotatable bonds is 3. The molecule has 0 unspecified atom stereocenters. The highest BCUT2D eigenvalue weighted by molar-refractivity contribution is 6.34. The van der Waals surface area contributed by atoms with E-state index in [0.29, 0.717) is 17.3 Å². The number of carboxylic acids is 1. The smallest absolute Gasteiger partial charge is 0.417 e. The lowest BCUT2D eigenvalue weighted by Crippen LogP contribution is -2.21. The first-order chi connectivity index (χ1) is 9.68. The standard InChI is InChI=1S/C11H7ClF3N3O3/c12-7-1-5(11(13,14)15)4-16-10(7)18-8(19)2-6(17-18)3-9(20)21/h1,4H,2-3H2,(H,20,21). The van der Waals surface area contributed by atoms with Gasteiger partial charge in [-0.1, -0.05) is 11.6 Å². The van der Waals surface area contributed by atoms with E-state index < -0.39 is 35.1 Å². The van der Waals surface area contributed by atoms with Gasteiger partial charge in [0, 0.05) is 6.20 Å². The van der Waals surface area contributed by atoms with Crippen LogP contribution in [-0.4, -0.2) is 27.7 Å². The summed E-state index contributed by atoms with van der Waals surface area (Å²) in [6, 6.07) is 0.627. The molecule has 1 amide bonds. The average Bonchev–Trinajstić information content (AvgIpc) is 2.67. The molecule has 6 nitrogen and oxygen atoms in total. The summed E-state index contributed by atoms with van der Waals surface area (Å²) in [6.45, 7) is 0. The second-order valence-electron chi connectivity index (χ2n) is 4.15. The highest BCUT2D eigenvalue weighted by Crippen LogP contribution is 2.34. The van der Waals surface area contributed by atoms with Crippen LogP contribution in [0.4, 0.5) is 19.0 Å². The molecule has 0 atom stereocenters. The van der Waals surface area contributed by atoms with Crippen molar-refractivity contribution in [1.82, 2.24) is 4.98 Å². The number of aromatic nitrogens is 1. The molecule has 0 radical (unpaired) electrons. The maximum absolute atomic E-state index is 12.5. The third kappa shape index (κ3) is 3.30. The van der Waals surface area contributed by atoms with Crippen LogP contribution >= 0.6 is 11.6 Å². The Morgan fingerprint density at radius 3 is 2.67 bits per heavy atom. The van der Waals surface area contributed by atoms with E-state index in [1.54, 1.807) is 0 Å². The van der Waals surface area contributed by atoms with Crippen molar-refractivity contribution in [3.8, 4) is 0 Å². The summed E-state index contributed by atoms with van der Waals surface area (Å²) in [5.74, 6) is -2.05. The predicted octanol–water partition coefficient (Wildman–Crippen LogP) is 2.32. The summed E-state index contributed by atoms with van der Waals surface area (Å²) in [4.78, 5) is 25.7. The minimum Gasteiger partial charge on any atom is -0.481 e. The topological polar surface area (TPSA) is 82.9 Å². The third-order valence-electron chi connectivity index (χ3n) is 2.54. The van der Waals surface area contributed by atoms with Gasteiger partial charge >= 0.3 is 12.1 Å². The van der Waals surface area contributed by atoms with Crippen LogP contribution in [0.1, 0.15) is 18.4 Å². The van der Waals surface area contributed by atoms with Crippen LogP contribution in [0.3, 0.4) is 0 Å². The van der Waals surface area contributed by atoms with Crippen molar-refractivity contribution in [3.05, 3.63) is 22.8 Å². The van der Waals surface area contributed by atoms with Gasteiger partial charge in [-0.15, -0.1) is 0 Å². The fourth-order valence-electron chi connectivity index (χ4n) is 1.66. The first-order valence-corrected chi connectivity index (χ1v) is 5.90. The van der Waals surface area contributed by atoms with E-state index in [0.717, 1.165) is 0 Å². The Kier molecular flexibility index (Phi) is 3.86. The molecule has 1 N–H and O–H groups in total. The van der Waals surface area contributed by atoms with Crippen LogP contribution in [0.15, 0.2) is 17.4 Å². The third-order valence-corrected chi connectivity index (χ3v) is 2.82. The first-order valence-electron chi connectivity index (χ1n) is 5.52. The van der Waals surface area contributed by atoms with Crippen LogP contribution < -0.4 is 5.01 Å². The lowest BCUT2D eigenvalue weighted by Gasteiger charge is -2.14. The van der Waals surface area contributed by atoms with Gasteiger partial charge in [0.2, 0.25) is 0 Å². The molecule has 112 valence electrons. The Morgan fingerprint density at radius 2 is 2.14 bits per heavy atom. The number of hydrogen-bond acceptors (Lipinski definition) is 4. The van der Waals surface area contributed by atoms with Gasteiger partial charge < -0.3 is 5.11 Å². The lowest BCUT2D eigenvalue weighted by atomic mass is 10.2. The summed E-state index contributed by atoms with van der Waals surface area (Å²) in [5, 5.41) is 12.6. The number of carbonyl (C=O) groups is 2. The molecular weight excluding hydrogens is 315 g/mol. The van der Waals surface area contributed by atoms with Crippen LogP contribution in [0.25, 0.3) is 0 Å². The number of nitrogens with zero attached hydrogens (tertiary/aromatic N) is 3. The number of carboxylic acid groups (broad SMARTS) is 1. The fourth-order valence-corrected chi connectivity index (χ4v) is 1.91. The maximum atomic E-state index is 12.5. The molecule has 0 aromatic carbocycles. The lowest BCUT2D eigenvalue weighted by molar-refractivity contribution is -0.138. The van der Waals surface area contributed by atoms with Gasteiger partial charge in [0.25, 0.3) is 5.91 Å². The number of hydrogen-bond donors (Lipinski definition) is 1.